The fourth-order valence-corrected chi connectivity index (χ4v) is 4.14. The number of para-hydroxylation sites is 1. The van der Waals surface area contributed by atoms with Crippen LogP contribution in [0.3, 0.4) is 0 Å². The van der Waals surface area contributed by atoms with Gasteiger partial charge in [0.1, 0.15) is 0 Å². The zero-order chi connectivity index (χ0) is 27.1. The Balaban J connectivity index is 1.61. The van der Waals surface area contributed by atoms with E-state index in [1.165, 1.54) is 13.2 Å². The Labute approximate surface area is 221 Å². The van der Waals surface area contributed by atoms with Crippen LogP contribution in [0.1, 0.15) is 16.7 Å². The molecule has 0 saturated heterocycles. The molecule has 8 heteroatoms. The van der Waals surface area contributed by atoms with E-state index >= 15 is 0 Å². The zero-order valence-electron chi connectivity index (χ0n) is 22.0. The van der Waals surface area contributed by atoms with Gasteiger partial charge < -0.3 is 34.0 Å². The first-order valence-electron chi connectivity index (χ1n) is 11.8. The van der Waals surface area contributed by atoms with Crippen molar-refractivity contribution in [3.63, 3.8) is 0 Å². The maximum absolute atomic E-state index is 12.8. The topological polar surface area (TPSA) is 91.0 Å². The number of nitrogens with one attached hydrogen (secondary N) is 2. The van der Waals surface area contributed by atoms with Gasteiger partial charge in [-0.2, -0.15) is 0 Å². The first-order valence-corrected chi connectivity index (χ1v) is 11.8. The van der Waals surface area contributed by atoms with Crippen LogP contribution in [0.25, 0.3) is 29.1 Å². The van der Waals surface area contributed by atoms with Crippen molar-refractivity contribution in [2.24, 2.45) is 0 Å². The van der Waals surface area contributed by atoms with Gasteiger partial charge in [-0.05, 0) is 53.1 Å². The predicted octanol–water partition coefficient (Wildman–Crippen LogP) is 6.03. The van der Waals surface area contributed by atoms with E-state index in [-0.39, 0.29) is 5.91 Å². The van der Waals surface area contributed by atoms with Gasteiger partial charge in [0.25, 0.3) is 0 Å². The van der Waals surface area contributed by atoms with Gasteiger partial charge in [0.05, 0.1) is 41.2 Å². The fourth-order valence-electron chi connectivity index (χ4n) is 4.14. The van der Waals surface area contributed by atoms with E-state index in [9.17, 15) is 4.79 Å². The molecule has 0 fully saturated rings. The summed E-state index contributed by atoms with van der Waals surface area (Å²) in [4.78, 5) is 16.0. The summed E-state index contributed by atoms with van der Waals surface area (Å²) in [5.74, 6) is 2.22. The minimum Gasteiger partial charge on any atom is -0.493 e. The van der Waals surface area contributed by atoms with Crippen molar-refractivity contribution in [1.29, 1.82) is 0 Å². The largest absolute Gasteiger partial charge is 0.493 e. The average Bonchev–Trinajstić information content (AvgIpc) is 3.37. The normalized spacial score (nSPS) is 11.2. The van der Waals surface area contributed by atoms with Gasteiger partial charge >= 0.3 is 0 Å². The van der Waals surface area contributed by atoms with Crippen molar-refractivity contribution >= 4 is 40.7 Å². The molecule has 8 nitrogen and oxygen atoms in total. The highest BCUT2D eigenvalue weighted by molar-refractivity contribution is 6.04. The number of carbonyl (C=O) groups excluding carboxylic acids is 1. The van der Waals surface area contributed by atoms with Gasteiger partial charge in [0.2, 0.25) is 11.7 Å². The fraction of sp³-hybridized carbons (Fsp3) is 0.167. The smallest absolute Gasteiger partial charge is 0.248 e. The molecule has 0 atom stereocenters. The predicted molar refractivity (Wildman–Crippen MR) is 151 cm³/mol. The van der Waals surface area contributed by atoms with Crippen LogP contribution in [0.5, 0.6) is 28.7 Å². The Bertz CT molecular complexity index is 1480. The number of amides is 1. The van der Waals surface area contributed by atoms with Gasteiger partial charge in [-0.25, -0.2) is 0 Å². The summed E-state index contributed by atoms with van der Waals surface area (Å²) < 4.78 is 27.4. The zero-order valence-corrected chi connectivity index (χ0v) is 22.0. The molecule has 3 aromatic carbocycles. The van der Waals surface area contributed by atoms with Crippen molar-refractivity contribution < 1.29 is 28.5 Å². The molecule has 0 aliphatic heterocycles. The van der Waals surface area contributed by atoms with Crippen molar-refractivity contribution in [2.75, 3.05) is 40.9 Å². The molecule has 0 spiro atoms. The second kappa shape index (κ2) is 11.9. The van der Waals surface area contributed by atoms with E-state index in [2.05, 4.69) is 10.3 Å². The lowest BCUT2D eigenvalue weighted by molar-refractivity contribution is -0.111. The molecule has 4 aromatic rings. The Morgan fingerprint density at radius 2 is 1.32 bits per heavy atom. The number of rotatable bonds is 10. The van der Waals surface area contributed by atoms with Crippen molar-refractivity contribution in [1.82, 2.24) is 4.98 Å². The van der Waals surface area contributed by atoms with Crippen molar-refractivity contribution in [2.45, 2.75) is 0 Å². The number of fused-ring (bicyclic) bond motifs is 1. The standard InChI is InChI=1S/C30H30N2O6/c1-34-25-15-19(10-11-20-16-26(35-2)30(38-5)27(17-20)36-3)14-24(29(25)37-4)32-28(33)13-12-21-18-31-23-9-7-6-8-22(21)23/h6-18,31H,1-5H3,(H,32,33)/b11-10?,13-12+. The molecule has 0 bridgehead atoms. The van der Waals surface area contributed by atoms with Crippen LogP contribution in [-0.4, -0.2) is 46.4 Å². The number of H-pyrrole nitrogens is 1. The van der Waals surface area contributed by atoms with E-state index in [4.69, 9.17) is 23.7 Å². The second-order valence-corrected chi connectivity index (χ2v) is 8.21. The number of hydrogen-bond acceptors (Lipinski definition) is 6. The summed E-state index contributed by atoms with van der Waals surface area (Å²) in [6, 6.07) is 15.2. The molecule has 0 aliphatic rings. The van der Waals surface area contributed by atoms with Crippen molar-refractivity contribution in [3.8, 4) is 28.7 Å². The number of methoxy groups -OCH3 is 5. The highest BCUT2D eigenvalue weighted by Crippen LogP contribution is 2.40. The summed E-state index contributed by atoms with van der Waals surface area (Å²) in [7, 11) is 7.78. The molecule has 196 valence electrons. The molecule has 4 rings (SSSR count). The molecule has 38 heavy (non-hydrogen) atoms. The first-order chi connectivity index (χ1) is 18.5. The van der Waals surface area contributed by atoms with E-state index in [0.717, 1.165) is 27.6 Å². The monoisotopic (exact) mass is 514 g/mol. The van der Waals surface area contributed by atoms with Gasteiger partial charge in [0, 0.05) is 23.2 Å². The number of benzene rings is 3. The van der Waals surface area contributed by atoms with Crippen LogP contribution in [0.4, 0.5) is 5.69 Å². The maximum atomic E-state index is 12.8. The van der Waals surface area contributed by atoms with E-state index in [1.54, 1.807) is 34.5 Å². The minimum absolute atomic E-state index is 0.304. The number of carbonyl (C=O) groups is 1. The Hall–Kier alpha value is -4.85. The summed E-state index contributed by atoms with van der Waals surface area (Å²) in [6.45, 7) is 0. The Morgan fingerprint density at radius 3 is 1.92 bits per heavy atom. The quantitative estimate of drug-likeness (QED) is 0.198. The third-order valence-corrected chi connectivity index (χ3v) is 5.95. The molecule has 0 radical (unpaired) electrons. The minimum atomic E-state index is -0.304. The summed E-state index contributed by atoms with van der Waals surface area (Å²) >= 11 is 0. The Kier molecular flexibility index (Phi) is 8.23. The molecule has 0 saturated carbocycles. The SMILES string of the molecule is COc1cc(C=Cc2cc(OC)c(OC)c(OC)c2)cc(NC(=O)/C=C/c2c[nH]c3ccccc23)c1OC. The van der Waals surface area contributed by atoms with Gasteiger partial charge in [0.15, 0.2) is 23.0 Å². The second-order valence-electron chi connectivity index (χ2n) is 8.21. The molecule has 1 amide bonds. The summed E-state index contributed by atoms with van der Waals surface area (Å²) in [5.41, 5.74) is 4.02. The summed E-state index contributed by atoms with van der Waals surface area (Å²) in [6.07, 6.45) is 8.91. The number of ether oxygens (including phenoxy) is 5. The number of anilines is 1. The average molecular weight is 515 g/mol. The number of aromatic amines is 1. The van der Waals surface area contributed by atoms with Crippen LogP contribution < -0.4 is 29.0 Å². The molecule has 2 N–H and O–H groups in total. The lowest BCUT2D eigenvalue weighted by Gasteiger charge is -2.14. The molecular weight excluding hydrogens is 484 g/mol. The Morgan fingerprint density at radius 1 is 0.737 bits per heavy atom. The third-order valence-electron chi connectivity index (χ3n) is 5.95. The maximum Gasteiger partial charge on any atom is 0.248 e. The van der Waals surface area contributed by atoms with E-state index < -0.39 is 0 Å². The number of aromatic nitrogens is 1. The van der Waals surface area contributed by atoms with Gasteiger partial charge in [-0.3, -0.25) is 4.79 Å². The molecule has 0 unspecified atom stereocenters. The van der Waals surface area contributed by atoms with E-state index in [0.29, 0.717) is 34.4 Å². The van der Waals surface area contributed by atoms with Gasteiger partial charge in [-0.1, -0.05) is 30.4 Å². The van der Waals surface area contributed by atoms with Gasteiger partial charge in [-0.15, -0.1) is 0 Å². The lowest BCUT2D eigenvalue weighted by atomic mass is 10.1. The van der Waals surface area contributed by atoms with Crippen LogP contribution in [0, 0.1) is 0 Å². The van der Waals surface area contributed by atoms with Crippen LogP contribution in [0.2, 0.25) is 0 Å². The molecule has 0 aliphatic carbocycles. The van der Waals surface area contributed by atoms with Crippen LogP contribution >= 0.6 is 0 Å². The molecular formula is C30H30N2O6. The third kappa shape index (κ3) is 5.59. The molecule has 1 heterocycles. The van der Waals surface area contributed by atoms with E-state index in [1.807, 2.05) is 66.9 Å². The highest BCUT2D eigenvalue weighted by atomic mass is 16.5. The van der Waals surface area contributed by atoms with Crippen molar-refractivity contribution in [3.05, 3.63) is 77.5 Å². The number of hydrogen-bond donors (Lipinski definition) is 2. The van der Waals surface area contributed by atoms with Crippen LogP contribution in [-0.2, 0) is 4.79 Å². The van der Waals surface area contributed by atoms with Crippen LogP contribution in [0.15, 0.2) is 60.8 Å². The summed E-state index contributed by atoms with van der Waals surface area (Å²) in [5, 5.41) is 3.94. The molecule has 1 aromatic heterocycles. The lowest BCUT2D eigenvalue weighted by Crippen LogP contribution is -2.09. The first kappa shape index (κ1) is 26.2. The highest BCUT2D eigenvalue weighted by Gasteiger charge is 2.15.